The Morgan fingerprint density at radius 1 is 0.829 bits per heavy atom. The Labute approximate surface area is 206 Å². The quantitative estimate of drug-likeness (QED) is 0.550. The SMILES string of the molecule is CC(C)(C)c1ccc(C(=O)N2CCN(c3ccc(NC(=O)Cc4ccc(F)cc4)cc3)CC2)cc1. The summed E-state index contributed by atoms with van der Waals surface area (Å²) in [6.07, 6.45) is 0.191. The van der Waals surface area contributed by atoms with Gasteiger partial charge in [-0.2, -0.15) is 0 Å². The Hall–Kier alpha value is -3.67. The van der Waals surface area contributed by atoms with Crippen LogP contribution in [0.25, 0.3) is 0 Å². The minimum atomic E-state index is -0.315. The highest BCUT2D eigenvalue weighted by molar-refractivity contribution is 5.94. The molecule has 0 aromatic heterocycles. The Bertz CT molecular complexity index is 1160. The van der Waals surface area contributed by atoms with Crippen molar-refractivity contribution >= 4 is 23.2 Å². The number of amides is 2. The first-order chi connectivity index (χ1) is 16.7. The molecule has 0 bridgehead atoms. The first kappa shape index (κ1) is 24.5. The van der Waals surface area contributed by atoms with Gasteiger partial charge in [-0.25, -0.2) is 4.39 Å². The van der Waals surface area contributed by atoms with Crippen molar-refractivity contribution in [2.75, 3.05) is 36.4 Å². The van der Waals surface area contributed by atoms with Crippen molar-refractivity contribution < 1.29 is 14.0 Å². The molecule has 1 saturated heterocycles. The van der Waals surface area contributed by atoms with Gasteiger partial charge in [0.15, 0.2) is 0 Å². The molecule has 0 spiro atoms. The van der Waals surface area contributed by atoms with E-state index >= 15 is 0 Å². The van der Waals surface area contributed by atoms with Crippen LogP contribution in [-0.2, 0) is 16.6 Å². The van der Waals surface area contributed by atoms with Crippen molar-refractivity contribution in [2.45, 2.75) is 32.6 Å². The van der Waals surface area contributed by atoms with Crippen molar-refractivity contribution in [2.24, 2.45) is 0 Å². The van der Waals surface area contributed by atoms with Gasteiger partial charge in [0.2, 0.25) is 5.91 Å². The largest absolute Gasteiger partial charge is 0.368 e. The minimum Gasteiger partial charge on any atom is -0.368 e. The molecule has 2 amide bonds. The molecule has 6 heteroatoms. The minimum absolute atomic E-state index is 0.0636. The number of hydrogen-bond acceptors (Lipinski definition) is 3. The first-order valence-electron chi connectivity index (χ1n) is 12.0. The fourth-order valence-electron chi connectivity index (χ4n) is 4.21. The van der Waals surface area contributed by atoms with Gasteiger partial charge in [-0.3, -0.25) is 9.59 Å². The maximum absolute atomic E-state index is 13.0. The summed E-state index contributed by atoms with van der Waals surface area (Å²) in [4.78, 5) is 29.4. The van der Waals surface area contributed by atoms with E-state index in [0.717, 1.165) is 29.9 Å². The lowest BCUT2D eigenvalue weighted by Gasteiger charge is -2.36. The molecular weight excluding hydrogens is 441 g/mol. The van der Waals surface area contributed by atoms with Crippen LogP contribution in [0.5, 0.6) is 0 Å². The van der Waals surface area contributed by atoms with Crippen molar-refractivity contribution in [3.8, 4) is 0 Å². The molecule has 4 rings (SSSR count). The second-order valence-electron chi connectivity index (χ2n) is 10.0. The topological polar surface area (TPSA) is 52.7 Å². The molecule has 5 nitrogen and oxygen atoms in total. The molecule has 0 radical (unpaired) electrons. The zero-order valence-corrected chi connectivity index (χ0v) is 20.6. The van der Waals surface area contributed by atoms with Crippen LogP contribution in [0, 0.1) is 5.82 Å². The lowest BCUT2D eigenvalue weighted by Crippen LogP contribution is -2.48. The van der Waals surface area contributed by atoms with E-state index in [-0.39, 0.29) is 29.5 Å². The summed E-state index contributed by atoms with van der Waals surface area (Å²) in [5.74, 6) is -0.388. The number of halogens is 1. The predicted octanol–water partition coefficient (Wildman–Crippen LogP) is 5.27. The Morgan fingerprint density at radius 3 is 2.00 bits per heavy atom. The van der Waals surface area contributed by atoms with Crippen LogP contribution in [0.3, 0.4) is 0 Å². The summed E-state index contributed by atoms with van der Waals surface area (Å²) in [6, 6.07) is 21.6. The second kappa shape index (κ2) is 10.3. The molecule has 0 atom stereocenters. The third-order valence-electron chi connectivity index (χ3n) is 6.36. The highest BCUT2D eigenvalue weighted by Crippen LogP contribution is 2.24. The lowest BCUT2D eigenvalue weighted by atomic mass is 9.86. The van der Waals surface area contributed by atoms with Gasteiger partial charge in [-0.05, 0) is 65.1 Å². The fraction of sp³-hybridized carbons (Fsp3) is 0.310. The lowest BCUT2D eigenvalue weighted by molar-refractivity contribution is -0.115. The van der Waals surface area contributed by atoms with E-state index in [1.165, 1.54) is 17.7 Å². The van der Waals surface area contributed by atoms with Crippen LogP contribution in [0.1, 0.15) is 42.3 Å². The Balaban J connectivity index is 1.28. The van der Waals surface area contributed by atoms with Gasteiger partial charge in [0, 0.05) is 43.1 Å². The van der Waals surface area contributed by atoms with E-state index in [2.05, 4.69) is 31.0 Å². The predicted molar refractivity (Wildman–Crippen MR) is 138 cm³/mol. The average Bonchev–Trinajstić information content (AvgIpc) is 2.85. The number of piperazine rings is 1. The summed E-state index contributed by atoms with van der Waals surface area (Å²) in [6.45, 7) is 9.32. The Kier molecular flexibility index (Phi) is 7.20. The number of nitrogens with zero attached hydrogens (tertiary/aromatic N) is 2. The molecule has 182 valence electrons. The highest BCUT2D eigenvalue weighted by Gasteiger charge is 2.23. The van der Waals surface area contributed by atoms with Crippen LogP contribution in [-0.4, -0.2) is 42.9 Å². The molecule has 1 heterocycles. The highest BCUT2D eigenvalue weighted by atomic mass is 19.1. The molecule has 35 heavy (non-hydrogen) atoms. The second-order valence-corrected chi connectivity index (χ2v) is 10.0. The molecule has 0 saturated carbocycles. The summed E-state index contributed by atoms with van der Waals surface area (Å²) >= 11 is 0. The molecular formula is C29H32FN3O2. The van der Waals surface area contributed by atoms with E-state index in [0.29, 0.717) is 18.8 Å². The number of nitrogens with one attached hydrogen (secondary N) is 1. The van der Waals surface area contributed by atoms with E-state index in [1.54, 1.807) is 12.1 Å². The molecule has 0 unspecified atom stereocenters. The number of carbonyl (C=O) groups excluding carboxylic acids is 2. The molecule has 1 aliphatic heterocycles. The van der Waals surface area contributed by atoms with Gasteiger partial charge in [0.05, 0.1) is 6.42 Å². The number of hydrogen-bond donors (Lipinski definition) is 1. The number of benzene rings is 3. The van der Waals surface area contributed by atoms with Crippen LogP contribution >= 0.6 is 0 Å². The maximum Gasteiger partial charge on any atom is 0.253 e. The number of carbonyl (C=O) groups is 2. The van der Waals surface area contributed by atoms with Gasteiger partial charge in [-0.1, -0.05) is 45.0 Å². The van der Waals surface area contributed by atoms with Crippen molar-refractivity contribution in [3.05, 3.63) is 95.3 Å². The van der Waals surface area contributed by atoms with Crippen LogP contribution in [0.2, 0.25) is 0 Å². The standard InChI is InChI=1S/C29H32FN3O2/c1-29(2,3)23-8-6-22(7-9-23)28(35)33-18-16-32(17-19-33)26-14-12-25(13-15-26)31-27(34)20-21-4-10-24(30)11-5-21/h4-15H,16-20H2,1-3H3,(H,31,34). The Morgan fingerprint density at radius 2 is 1.43 bits per heavy atom. The van der Waals surface area contributed by atoms with E-state index in [4.69, 9.17) is 0 Å². The van der Waals surface area contributed by atoms with E-state index < -0.39 is 0 Å². The third-order valence-corrected chi connectivity index (χ3v) is 6.36. The first-order valence-corrected chi connectivity index (χ1v) is 12.0. The fourth-order valence-corrected chi connectivity index (χ4v) is 4.21. The smallest absolute Gasteiger partial charge is 0.253 e. The summed E-state index contributed by atoms with van der Waals surface area (Å²) in [7, 11) is 0. The molecule has 1 aliphatic rings. The summed E-state index contributed by atoms with van der Waals surface area (Å²) in [5.41, 5.74) is 4.55. The normalized spacial score (nSPS) is 14.1. The zero-order valence-electron chi connectivity index (χ0n) is 20.6. The van der Waals surface area contributed by atoms with Crippen LogP contribution in [0.15, 0.2) is 72.8 Å². The average molecular weight is 474 g/mol. The van der Waals surface area contributed by atoms with E-state index in [1.807, 2.05) is 53.4 Å². The third kappa shape index (κ3) is 6.27. The monoisotopic (exact) mass is 473 g/mol. The van der Waals surface area contributed by atoms with Gasteiger partial charge in [0.25, 0.3) is 5.91 Å². The van der Waals surface area contributed by atoms with Crippen LogP contribution in [0.4, 0.5) is 15.8 Å². The van der Waals surface area contributed by atoms with Gasteiger partial charge in [-0.15, -0.1) is 0 Å². The molecule has 3 aromatic carbocycles. The van der Waals surface area contributed by atoms with Gasteiger partial charge >= 0.3 is 0 Å². The van der Waals surface area contributed by atoms with Gasteiger partial charge < -0.3 is 15.1 Å². The number of anilines is 2. The molecule has 1 fully saturated rings. The molecule has 3 aromatic rings. The molecule has 0 aliphatic carbocycles. The summed E-state index contributed by atoms with van der Waals surface area (Å²) in [5, 5.41) is 2.88. The number of rotatable bonds is 5. The van der Waals surface area contributed by atoms with Crippen molar-refractivity contribution in [1.29, 1.82) is 0 Å². The summed E-state index contributed by atoms with van der Waals surface area (Å²) < 4.78 is 13.0. The zero-order chi connectivity index (χ0) is 25.0. The van der Waals surface area contributed by atoms with Crippen molar-refractivity contribution in [3.63, 3.8) is 0 Å². The van der Waals surface area contributed by atoms with E-state index in [9.17, 15) is 14.0 Å². The van der Waals surface area contributed by atoms with Crippen LogP contribution < -0.4 is 10.2 Å². The van der Waals surface area contributed by atoms with Crippen molar-refractivity contribution in [1.82, 2.24) is 4.90 Å². The molecule has 1 N–H and O–H groups in total. The maximum atomic E-state index is 13.0. The van der Waals surface area contributed by atoms with Gasteiger partial charge in [0.1, 0.15) is 5.82 Å².